The number of amides is 1. The zero-order chi connectivity index (χ0) is 24.1. The molecule has 0 bridgehead atoms. The van der Waals surface area contributed by atoms with E-state index >= 15 is 0 Å². The molecule has 168 valence electrons. The van der Waals surface area contributed by atoms with Crippen LogP contribution in [0.3, 0.4) is 0 Å². The minimum absolute atomic E-state index is 0.0870. The quantitative estimate of drug-likeness (QED) is 0.253. The normalized spacial score (nSPS) is 11.3. The van der Waals surface area contributed by atoms with Crippen molar-refractivity contribution in [1.29, 1.82) is 5.26 Å². The van der Waals surface area contributed by atoms with Gasteiger partial charge in [0.2, 0.25) is 0 Å². The fourth-order valence-electron chi connectivity index (χ4n) is 4.49. The molecule has 0 heterocycles. The molecular weight excluding hydrogens is 416 g/mol. The third kappa shape index (κ3) is 5.08. The zero-order valence-electron chi connectivity index (χ0n) is 19.9. The number of carbonyl (C=O) groups is 1. The molecule has 4 aromatic rings. The number of rotatable bonds is 6. The number of carbonyl (C=O) groups excluding carboxylic acids is 1. The summed E-state index contributed by atoms with van der Waals surface area (Å²) in [4.78, 5) is 13.1. The number of aryl methyl sites for hydroxylation is 3. The van der Waals surface area contributed by atoms with Crippen LogP contribution in [0.5, 0.6) is 0 Å². The van der Waals surface area contributed by atoms with Gasteiger partial charge in [-0.2, -0.15) is 5.26 Å². The first-order valence-electron chi connectivity index (χ1n) is 11.6. The number of hydrogen-bond acceptors (Lipinski definition) is 2. The van der Waals surface area contributed by atoms with Crippen molar-refractivity contribution >= 4 is 28.4 Å². The summed E-state index contributed by atoms with van der Waals surface area (Å²) in [5.41, 5.74) is 7.51. The number of anilines is 1. The van der Waals surface area contributed by atoms with Crippen molar-refractivity contribution in [2.75, 3.05) is 5.32 Å². The molecule has 0 aliphatic rings. The third-order valence-corrected chi connectivity index (χ3v) is 6.04. The van der Waals surface area contributed by atoms with Crippen molar-refractivity contribution < 1.29 is 4.79 Å². The van der Waals surface area contributed by atoms with E-state index in [2.05, 4.69) is 61.6 Å². The SMILES string of the molecule is CCc1ccccc1NC(=O)/C(C#N)=C/c1c(Cc2cc(C)cc(C)c2)ccc2ccccc12. The predicted molar refractivity (Wildman–Crippen MR) is 141 cm³/mol. The molecule has 4 aromatic carbocycles. The molecule has 0 spiro atoms. The largest absolute Gasteiger partial charge is 0.321 e. The summed E-state index contributed by atoms with van der Waals surface area (Å²) in [5, 5.41) is 14.9. The molecule has 0 aromatic heterocycles. The van der Waals surface area contributed by atoms with Gasteiger partial charge in [0.15, 0.2) is 0 Å². The second kappa shape index (κ2) is 10.2. The summed E-state index contributed by atoms with van der Waals surface area (Å²) in [6, 6.07) is 28.7. The Bertz CT molecular complexity index is 1420. The maximum atomic E-state index is 13.1. The summed E-state index contributed by atoms with van der Waals surface area (Å²) in [6.07, 6.45) is 3.26. The molecular formula is C31H28N2O. The van der Waals surface area contributed by atoms with Crippen LogP contribution in [-0.4, -0.2) is 5.91 Å². The van der Waals surface area contributed by atoms with E-state index in [-0.39, 0.29) is 5.57 Å². The molecule has 0 aliphatic heterocycles. The first kappa shape index (κ1) is 23.0. The van der Waals surface area contributed by atoms with E-state index in [9.17, 15) is 10.1 Å². The second-order valence-electron chi connectivity index (χ2n) is 8.67. The van der Waals surface area contributed by atoms with Crippen LogP contribution in [0.15, 0.2) is 84.4 Å². The lowest BCUT2D eigenvalue weighted by molar-refractivity contribution is -0.112. The molecule has 0 aliphatic carbocycles. The van der Waals surface area contributed by atoms with Gasteiger partial charge in [0.25, 0.3) is 5.91 Å². The molecule has 1 N–H and O–H groups in total. The summed E-state index contributed by atoms with van der Waals surface area (Å²) >= 11 is 0. The molecule has 0 saturated carbocycles. The van der Waals surface area contributed by atoms with Gasteiger partial charge < -0.3 is 5.32 Å². The highest BCUT2D eigenvalue weighted by Crippen LogP contribution is 2.28. The summed E-state index contributed by atoms with van der Waals surface area (Å²) in [5.74, 6) is -0.395. The lowest BCUT2D eigenvalue weighted by atomic mass is 9.92. The van der Waals surface area contributed by atoms with Gasteiger partial charge in [0.1, 0.15) is 11.6 Å². The van der Waals surface area contributed by atoms with Crippen LogP contribution in [0.2, 0.25) is 0 Å². The van der Waals surface area contributed by atoms with Gasteiger partial charge in [-0.05, 0) is 71.9 Å². The van der Waals surface area contributed by atoms with Crippen LogP contribution in [-0.2, 0) is 17.6 Å². The van der Waals surface area contributed by atoms with Crippen molar-refractivity contribution in [3.8, 4) is 6.07 Å². The van der Waals surface area contributed by atoms with Crippen LogP contribution in [0, 0.1) is 25.2 Å². The first-order chi connectivity index (χ1) is 16.5. The highest BCUT2D eigenvalue weighted by molar-refractivity contribution is 6.11. The minimum atomic E-state index is -0.395. The van der Waals surface area contributed by atoms with Crippen molar-refractivity contribution in [2.24, 2.45) is 0 Å². The number of benzene rings is 4. The molecule has 0 atom stereocenters. The Morgan fingerprint density at radius 3 is 2.35 bits per heavy atom. The van der Waals surface area contributed by atoms with Crippen molar-refractivity contribution in [2.45, 2.75) is 33.6 Å². The predicted octanol–water partition coefficient (Wildman–Crippen LogP) is 7.16. The van der Waals surface area contributed by atoms with Crippen LogP contribution in [0.25, 0.3) is 16.8 Å². The van der Waals surface area contributed by atoms with E-state index in [0.29, 0.717) is 0 Å². The van der Waals surface area contributed by atoms with Crippen LogP contribution < -0.4 is 5.32 Å². The van der Waals surface area contributed by atoms with Crippen molar-refractivity contribution in [1.82, 2.24) is 0 Å². The van der Waals surface area contributed by atoms with Crippen LogP contribution in [0.4, 0.5) is 5.69 Å². The van der Waals surface area contributed by atoms with Gasteiger partial charge in [-0.25, -0.2) is 0 Å². The first-order valence-corrected chi connectivity index (χ1v) is 11.6. The van der Waals surface area contributed by atoms with Gasteiger partial charge in [-0.15, -0.1) is 0 Å². The summed E-state index contributed by atoms with van der Waals surface area (Å²) < 4.78 is 0. The molecule has 0 saturated heterocycles. The van der Waals surface area contributed by atoms with E-state index < -0.39 is 5.91 Å². The number of nitrogens with one attached hydrogen (secondary N) is 1. The standard InChI is InChI=1S/C31H28N2O/c1-4-24-9-6-8-12-30(24)33-31(34)27(20-32)19-29-26(14-13-25-10-5-7-11-28(25)29)18-23-16-21(2)15-22(3)17-23/h5-17,19H,4,18H2,1-3H3,(H,33,34)/b27-19+. The van der Waals surface area contributed by atoms with E-state index in [1.54, 1.807) is 6.08 Å². The minimum Gasteiger partial charge on any atom is -0.321 e. The topological polar surface area (TPSA) is 52.9 Å². The summed E-state index contributed by atoms with van der Waals surface area (Å²) in [7, 11) is 0. The Labute approximate surface area is 201 Å². The molecule has 34 heavy (non-hydrogen) atoms. The van der Waals surface area contributed by atoms with Gasteiger partial charge in [0.05, 0.1) is 0 Å². The Morgan fingerprint density at radius 1 is 0.912 bits per heavy atom. The molecule has 1 amide bonds. The molecule has 0 radical (unpaired) electrons. The highest BCUT2D eigenvalue weighted by Gasteiger charge is 2.14. The molecule has 0 unspecified atom stereocenters. The Hall–Kier alpha value is -4.16. The van der Waals surface area contributed by atoms with Crippen LogP contribution >= 0.6 is 0 Å². The van der Waals surface area contributed by atoms with E-state index in [0.717, 1.165) is 46.0 Å². The average molecular weight is 445 g/mol. The highest BCUT2D eigenvalue weighted by atomic mass is 16.1. The number of fused-ring (bicyclic) bond motifs is 1. The number of para-hydroxylation sites is 1. The van der Waals surface area contributed by atoms with E-state index in [1.165, 1.54) is 16.7 Å². The monoisotopic (exact) mass is 444 g/mol. The van der Waals surface area contributed by atoms with Gasteiger partial charge >= 0.3 is 0 Å². The number of nitrogens with zero attached hydrogens (tertiary/aromatic N) is 1. The van der Waals surface area contributed by atoms with Gasteiger partial charge in [-0.3, -0.25) is 4.79 Å². The fourth-order valence-corrected chi connectivity index (χ4v) is 4.49. The fraction of sp³-hybridized carbons (Fsp3) is 0.161. The van der Waals surface area contributed by atoms with Crippen molar-refractivity contribution in [3.05, 3.63) is 118 Å². The Morgan fingerprint density at radius 2 is 1.62 bits per heavy atom. The lowest BCUT2D eigenvalue weighted by Crippen LogP contribution is -2.14. The summed E-state index contributed by atoms with van der Waals surface area (Å²) in [6.45, 7) is 6.25. The Balaban J connectivity index is 1.78. The number of hydrogen-bond donors (Lipinski definition) is 1. The average Bonchev–Trinajstić information content (AvgIpc) is 2.83. The zero-order valence-corrected chi connectivity index (χ0v) is 19.9. The lowest BCUT2D eigenvalue weighted by Gasteiger charge is -2.13. The number of nitriles is 1. The van der Waals surface area contributed by atoms with E-state index in [4.69, 9.17) is 0 Å². The molecule has 4 rings (SSSR count). The second-order valence-corrected chi connectivity index (χ2v) is 8.67. The van der Waals surface area contributed by atoms with Gasteiger partial charge in [-0.1, -0.05) is 90.8 Å². The Kier molecular flexibility index (Phi) is 6.90. The third-order valence-electron chi connectivity index (χ3n) is 6.04. The van der Waals surface area contributed by atoms with E-state index in [1.807, 2.05) is 49.4 Å². The molecule has 3 nitrogen and oxygen atoms in total. The molecule has 0 fully saturated rings. The smallest absolute Gasteiger partial charge is 0.266 e. The maximum absolute atomic E-state index is 13.1. The molecule has 3 heteroatoms. The van der Waals surface area contributed by atoms with Crippen molar-refractivity contribution in [3.63, 3.8) is 0 Å². The van der Waals surface area contributed by atoms with Crippen LogP contribution in [0.1, 0.15) is 40.3 Å². The van der Waals surface area contributed by atoms with Gasteiger partial charge in [0, 0.05) is 5.69 Å². The maximum Gasteiger partial charge on any atom is 0.266 e.